The first kappa shape index (κ1) is 27.5. The Morgan fingerprint density at radius 1 is 1.30 bits per heavy atom. The number of nitrogens with zero attached hydrogens (tertiary/aromatic N) is 3. The predicted molar refractivity (Wildman–Crippen MR) is 143 cm³/mol. The minimum atomic E-state index is -4.89. The van der Waals surface area contributed by atoms with Crippen molar-refractivity contribution >= 4 is 55.4 Å². The minimum absolute atomic E-state index is 0.0152. The molecule has 14 heteroatoms. The zero-order chi connectivity index (χ0) is 27.0. The summed E-state index contributed by atoms with van der Waals surface area (Å²) in [5.74, 6) is -0.856. The first-order chi connectivity index (χ1) is 17.3. The topological polar surface area (TPSA) is 90.0 Å². The highest BCUT2D eigenvalue weighted by Crippen LogP contribution is 2.40. The summed E-state index contributed by atoms with van der Waals surface area (Å²) < 4.78 is 72.2. The third-order valence-corrected chi connectivity index (χ3v) is 8.95. The van der Waals surface area contributed by atoms with Crippen molar-refractivity contribution in [1.29, 1.82) is 0 Å². The Bertz CT molecular complexity index is 1340. The highest BCUT2D eigenvalue weighted by Gasteiger charge is 2.30. The lowest BCUT2D eigenvalue weighted by Crippen LogP contribution is -2.40. The van der Waals surface area contributed by atoms with Gasteiger partial charge in [0.2, 0.25) is 0 Å². The van der Waals surface area contributed by atoms with Gasteiger partial charge in [-0.15, -0.1) is 11.3 Å². The van der Waals surface area contributed by atoms with Crippen LogP contribution in [0.15, 0.2) is 46.1 Å². The van der Waals surface area contributed by atoms with Crippen LogP contribution in [0.4, 0.5) is 36.1 Å². The van der Waals surface area contributed by atoms with Gasteiger partial charge in [-0.3, -0.25) is 9.27 Å². The van der Waals surface area contributed by atoms with E-state index in [0.29, 0.717) is 24.5 Å². The van der Waals surface area contributed by atoms with Gasteiger partial charge in [-0.05, 0) is 38.7 Å². The maximum Gasteiger partial charge on any atom is 0.387 e. The molecule has 2 aromatic carbocycles. The Morgan fingerprint density at radius 3 is 2.68 bits per heavy atom. The van der Waals surface area contributed by atoms with Crippen LogP contribution >= 0.6 is 22.9 Å². The number of alkyl halides is 2. The normalized spacial score (nSPS) is 17.2. The second-order valence-corrected chi connectivity index (χ2v) is 13.4. The van der Waals surface area contributed by atoms with Crippen molar-refractivity contribution in [3.05, 3.63) is 52.1 Å². The molecule has 0 spiro atoms. The fraction of sp³-hybridized carbons (Fsp3) is 0.348. The lowest BCUT2D eigenvalue weighted by atomic mass is 10.2. The van der Waals surface area contributed by atoms with Crippen LogP contribution in [-0.4, -0.2) is 64.7 Å². The van der Waals surface area contributed by atoms with Gasteiger partial charge >= 0.3 is 6.61 Å². The van der Waals surface area contributed by atoms with Gasteiger partial charge in [0.1, 0.15) is 16.5 Å². The Hall–Kier alpha value is -2.58. The standard InChI is InChI=1S/C23H27ClF3N5O3S2/c1-31(2)14-6-7-32(11-14)20-8-15(35-23(26)27)4-5-18(20)29-19-10-17(25)21(9-16(19)24)37(3,33,34)30-22-12-36-13-28-22/h4-5,8-10,12-14,23,29H,6-7,11H2,1-3H3,(H2,30,33,34). The van der Waals surface area contributed by atoms with Gasteiger partial charge in [-0.2, -0.15) is 13.0 Å². The summed E-state index contributed by atoms with van der Waals surface area (Å²) in [7, 11) is -0.952. The second kappa shape index (κ2) is 10.3. The highest BCUT2D eigenvalue weighted by molar-refractivity contribution is 8.15. The van der Waals surface area contributed by atoms with Crippen LogP contribution in [0.2, 0.25) is 5.02 Å². The molecule has 1 aliphatic heterocycles. The van der Waals surface area contributed by atoms with Gasteiger partial charge in [-0.1, -0.05) is 21.1 Å². The van der Waals surface area contributed by atoms with E-state index in [9.17, 15) is 17.5 Å². The number of likely N-dealkylation sites (N-methyl/N-ethyl adjacent to an activating group) is 1. The summed E-state index contributed by atoms with van der Waals surface area (Å²) in [6, 6.07) is 6.77. The van der Waals surface area contributed by atoms with Crippen molar-refractivity contribution in [3.63, 3.8) is 0 Å². The zero-order valence-electron chi connectivity index (χ0n) is 20.3. The molecule has 2 heterocycles. The first-order valence-electron chi connectivity index (χ1n) is 11.1. The zero-order valence-corrected chi connectivity index (χ0v) is 22.6. The third kappa shape index (κ3) is 6.29. The molecule has 37 heavy (non-hydrogen) atoms. The number of ether oxygens (including phenoxy) is 1. The number of hydrogen-bond donors (Lipinski definition) is 3. The summed E-state index contributed by atoms with van der Waals surface area (Å²) in [4.78, 5) is 7.52. The number of thiazole rings is 1. The number of hydrogen-bond acceptors (Lipinski definition) is 7. The largest absolute Gasteiger partial charge is 0.435 e. The van der Waals surface area contributed by atoms with Crippen LogP contribution in [0.1, 0.15) is 6.42 Å². The van der Waals surface area contributed by atoms with Crippen LogP contribution in [0, 0.1) is 5.82 Å². The first-order valence-corrected chi connectivity index (χ1v) is 14.8. The molecule has 8 nitrogen and oxygen atoms in total. The van der Waals surface area contributed by atoms with E-state index in [2.05, 4.69) is 24.7 Å². The van der Waals surface area contributed by atoms with Gasteiger partial charge in [0, 0.05) is 42.9 Å². The summed E-state index contributed by atoms with van der Waals surface area (Å²) in [6.07, 6.45) is 1.85. The molecule has 1 saturated heterocycles. The number of halogens is 4. The smallest absolute Gasteiger partial charge is 0.387 e. The van der Waals surface area contributed by atoms with E-state index >= 15 is 4.39 Å². The lowest BCUT2D eigenvalue weighted by Gasteiger charge is -2.40. The summed E-state index contributed by atoms with van der Waals surface area (Å²) in [6.45, 7) is -1.67. The molecule has 0 bridgehead atoms. The fourth-order valence-corrected chi connectivity index (χ4v) is 6.60. The molecule has 0 radical (unpaired) electrons. The van der Waals surface area contributed by atoms with Crippen LogP contribution in [0.3, 0.4) is 0 Å². The molecule has 1 unspecified atom stereocenters. The van der Waals surface area contributed by atoms with Crippen molar-refractivity contribution < 1.29 is 26.7 Å². The molecular formula is C23H27ClF3N5O3S2. The monoisotopic (exact) mass is 577 g/mol. The Labute approximate surface area is 221 Å². The van der Waals surface area contributed by atoms with Crippen LogP contribution in [0.25, 0.3) is 0 Å². The molecule has 3 N–H and O–H groups in total. The van der Waals surface area contributed by atoms with E-state index < -0.39 is 26.9 Å². The highest BCUT2D eigenvalue weighted by atomic mass is 35.5. The van der Waals surface area contributed by atoms with Crippen molar-refractivity contribution in [2.45, 2.75) is 24.0 Å². The molecule has 1 fully saturated rings. The molecule has 4 rings (SSSR count). The number of benzene rings is 2. The quantitative estimate of drug-likeness (QED) is 0.299. The molecule has 1 aliphatic rings. The second-order valence-electron chi connectivity index (χ2n) is 9.06. The summed E-state index contributed by atoms with van der Waals surface area (Å²) >= 11 is 7.64. The molecule has 1 atom stereocenters. The summed E-state index contributed by atoms with van der Waals surface area (Å²) in [5.41, 5.74) is 2.66. The fourth-order valence-electron chi connectivity index (χ4n) is 4.14. The number of nitrogens with one attached hydrogen (secondary N) is 2. The maximum absolute atomic E-state index is 15.2. The number of anilines is 4. The SMILES string of the molecule is CN(C)C1CCN(c2cc(OC(F)F)ccc2Nc2cc(F)c(S(C)(=O)(O)Nc3cscn3)cc2Cl)C1. The van der Waals surface area contributed by atoms with Crippen molar-refractivity contribution in [2.24, 2.45) is 0 Å². The van der Waals surface area contributed by atoms with E-state index in [1.807, 2.05) is 19.0 Å². The average Bonchev–Trinajstić information content (AvgIpc) is 3.48. The number of aromatic nitrogens is 1. The van der Waals surface area contributed by atoms with Gasteiger partial charge in [0.25, 0.3) is 0 Å². The van der Waals surface area contributed by atoms with Gasteiger partial charge in [-0.25, -0.2) is 9.37 Å². The van der Waals surface area contributed by atoms with E-state index in [1.54, 1.807) is 6.07 Å². The molecule has 0 saturated carbocycles. The van der Waals surface area contributed by atoms with Crippen LogP contribution < -0.4 is 19.7 Å². The predicted octanol–water partition coefficient (Wildman–Crippen LogP) is 5.73. The molecule has 0 aliphatic carbocycles. The molecule has 3 aromatic rings. The van der Waals surface area contributed by atoms with Gasteiger partial charge in [0.15, 0.2) is 5.82 Å². The summed E-state index contributed by atoms with van der Waals surface area (Å²) in [5, 5.41) is 4.55. The molecule has 202 valence electrons. The van der Waals surface area contributed by atoms with Crippen molar-refractivity contribution in [3.8, 4) is 5.75 Å². The minimum Gasteiger partial charge on any atom is -0.435 e. The van der Waals surface area contributed by atoms with Crippen LogP contribution in [0.5, 0.6) is 5.75 Å². The Balaban J connectivity index is 1.67. The number of rotatable bonds is 9. The lowest BCUT2D eigenvalue weighted by molar-refractivity contribution is -0.0498. The Kier molecular flexibility index (Phi) is 7.64. The molecule has 0 amide bonds. The third-order valence-electron chi connectivity index (χ3n) is 6.01. The van der Waals surface area contributed by atoms with E-state index in [0.717, 1.165) is 24.8 Å². The maximum atomic E-state index is 15.2. The van der Waals surface area contributed by atoms with E-state index in [1.165, 1.54) is 34.4 Å². The Morgan fingerprint density at radius 2 is 2.05 bits per heavy atom. The molecule has 1 aromatic heterocycles. The van der Waals surface area contributed by atoms with Crippen molar-refractivity contribution in [2.75, 3.05) is 48.4 Å². The average molecular weight is 578 g/mol. The molecular weight excluding hydrogens is 551 g/mol. The van der Waals surface area contributed by atoms with E-state index in [-0.39, 0.29) is 28.3 Å². The van der Waals surface area contributed by atoms with Gasteiger partial charge < -0.3 is 19.9 Å². The van der Waals surface area contributed by atoms with Crippen LogP contribution in [-0.2, 0) is 9.53 Å². The van der Waals surface area contributed by atoms with E-state index in [4.69, 9.17) is 11.6 Å². The van der Waals surface area contributed by atoms with Crippen molar-refractivity contribution in [1.82, 2.24) is 9.88 Å². The van der Waals surface area contributed by atoms with Gasteiger partial charge in [0.05, 0.1) is 27.6 Å².